The quantitative estimate of drug-likeness (QED) is 0.182. The van der Waals surface area contributed by atoms with Crippen molar-refractivity contribution in [3.8, 4) is 27.9 Å². The molecule has 0 saturated carbocycles. The van der Waals surface area contributed by atoms with E-state index in [1.807, 2.05) is 24.3 Å². The number of aliphatic imine (C=N–C) groups is 2. The summed E-state index contributed by atoms with van der Waals surface area (Å²) in [7, 11) is 0. The van der Waals surface area contributed by atoms with Gasteiger partial charge in [0.25, 0.3) is 0 Å². The van der Waals surface area contributed by atoms with Crippen molar-refractivity contribution < 1.29 is 0 Å². The van der Waals surface area contributed by atoms with E-state index in [9.17, 15) is 0 Å². The summed E-state index contributed by atoms with van der Waals surface area (Å²) in [5.41, 5.74) is 11.3. The highest BCUT2D eigenvalue weighted by Gasteiger charge is 2.24. The molecule has 2 heterocycles. The van der Waals surface area contributed by atoms with Crippen LogP contribution in [0.1, 0.15) is 22.9 Å². The third-order valence-electron chi connectivity index (χ3n) is 11.2. The molecule has 9 aromatic carbocycles. The summed E-state index contributed by atoms with van der Waals surface area (Å²) in [4.78, 5) is 10.2. The van der Waals surface area contributed by atoms with E-state index in [0.29, 0.717) is 5.84 Å². The minimum Gasteiger partial charge on any atom is -0.344 e. The van der Waals surface area contributed by atoms with Gasteiger partial charge in [-0.3, -0.25) is 0 Å². The molecule has 1 aliphatic rings. The molecule has 1 unspecified atom stereocenters. The highest BCUT2D eigenvalue weighted by atomic mass is 15.2. The summed E-state index contributed by atoms with van der Waals surface area (Å²) in [5.74, 6) is 1.51. The van der Waals surface area contributed by atoms with Crippen molar-refractivity contribution in [2.75, 3.05) is 0 Å². The van der Waals surface area contributed by atoms with Gasteiger partial charge in [0.15, 0.2) is 5.84 Å². The zero-order valence-electron chi connectivity index (χ0n) is 31.0. The molecule has 1 aliphatic heterocycles. The monoisotopic (exact) mass is 728 g/mol. The second-order valence-corrected chi connectivity index (χ2v) is 14.6. The van der Waals surface area contributed by atoms with Gasteiger partial charge >= 0.3 is 0 Å². The van der Waals surface area contributed by atoms with E-state index in [0.717, 1.165) is 28.2 Å². The van der Waals surface area contributed by atoms with Crippen molar-refractivity contribution >= 4 is 55.0 Å². The van der Waals surface area contributed by atoms with Crippen molar-refractivity contribution in [3.05, 3.63) is 223 Å². The first kappa shape index (κ1) is 32.8. The van der Waals surface area contributed by atoms with Crippen LogP contribution in [0.3, 0.4) is 0 Å². The lowest BCUT2D eigenvalue weighted by Crippen LogP contribution is -2.33. The molecule has 4 nitrogen and oxygen atoms in total. The summed E-state index contributed by atoms with van der Waals surface area (Å²) in [6.45, 7) is 0. The number of hydrogen-bond acceptors (Lipinski definition) is 3. The Bertz CT molecular complexity index is 3030. The number of fused-ring (bicyclic) bond motifs is 7. The Morgan fingerprint density at radius 2 is 0.842 bits per heavy atom. The lowest BCUT2D eigenvalue weighted by atomic mass is 9.92. The van der Waals surface area contributed by atoms with Gasteiger partial charge in [-0.1, -0.05) is 170 Å². The Balaban J connectivity index is 1.16. The second-order valence-electron chi connectivity index (χ2n) is 14.6. The summed E-state index contributed by atoms with van der Waals surface area (Å²) in [6.07, 6.45) is -0.264. The Morgan fingerprint density at radius 1 is 0.404 bits per heavy atom. The summed E-state index contributed by atoms with van der Waals surface area (Å²) in [5, 5.41) is 11.1. The van der Waals surface area contributed by atoms with Crippen molar-refractivity contribution in [1.29, 1.82) is 0 Å². The molecule has 10 aromatic rings. The molecule has 0 aliphatic carbocycles. The maximum atomic E-state index is 5.10. The highest BCUT2D eigenvalue weighted by Crippen LogP contribution is 2.46. The Morgan fingerprint density at radius 3 is 1.35 bits per heavy atom. The third kappa shape index (κ3) is 5.61. The van der Waals surface area contributed by atoms with Crippen LogP contribution >= 0.6 is 0 Å². The van der Waals surface area contributed by atoms with Crippen LogP contribution < -0.4 is 5.32 Å². The average molecular weight is 729 g/mol. The molecule has 1 aromatic heterocycles. The van der Waals surface area contributed by atoms with E-state index in [1.165, 1.54) is 65.6 Å². The molecule has 0 bridgehead atoms. The van der Waals surface area contributed by atoms with Gasteiger partial charge in [0, 0.05) is 27.6 Å². The molecule has 1 atom stereocenters. The molecule has 268 valence electrons. The van der Waals surface area contributed by atoms with Crippen molar-refractivity contribution in [2.45, 2.75) is 6.17 Å². The molecule has 0 amide bonds. The number of nitrogens with one attached hydrogen (secondary N) is 1. The molecule has 57 heavy (non-hydrogen) atoms. The van der Waals surface area contributed by atoms with Crippen LogP contribution in [0.2, 0.25) is 0 Å². The number of aromatic nitrogens is 1. The molecule has 4 heteroatoms. The van der Waals surface area contributed by atoms with E-state index in [4.69, 9.17) is 9.98 Å². The van der Waals surface area contributed by atoms with Gasteiger partial charge in [-0.25, -0.2) is 9.98 Å². The van der Waals surface area contributed by atoms with E-state index >= 15 is 0 Å². The van der Waals surface area contributed by atoms with Crippen LogP contribution in [0.5, 0.6) is 0 Å². The topological polar surface area (TPSA) is 41.7 Å². The number of rotatable bonds is 6. The minimum atomic E-state index is -0.264. The zero-order valence-corrected chi connectivity index (χ0v) is 31.0. The zero-order chi connectivity index (χ0) is 37.7. The summed E-state index contributed by atoms with van der Waals surface area (Å²) < 4.78 is 2.46. The van der Waals surface area contributed by atoms with Crippen molar-refractivity contribution in [3.63, 3.8) is 0 Å². The number of nitrogens with zero attached hydrogens (tertiary/aromatic N) is 3. The van der Waals surface area contributed by atoms with Crippen LogP contribution in [0.15, 0.2) is 216 Å². The average Bonchev–Trinajstić information content (AvgIpc) is 3.64. The summed E-state index contributed by atoms with van der Waals surface area (Å²) in [6, 6.07) is 73.5. The largest absolute Gasteiger partial charge is 0.344 e. The Kier molecular flexibility index (Phi) is 7.85. The van der Waals surface area contributed by atoms with Gasteiger partial charge in [-0.05, 0) is 85.8 Å². The molecule has 0 saturated heterocycles. The first-order valence-electron chi connectivity index (χ1n) is 19.5. The fourth-order valence-electron chi connectivity index (χ4n) is 8.61. The van der Waals surface area contributed by atoms with Crippen LogP contribution in [0.25, 0.3) is 71.3 Å². The first-order chi connectivity index (χ1) is 28.3. The van der Waals surface area contributed by atoms with Crippen LogP contribution in [-0.2, 0) is 0 Å². The van der Waals surface area contributed by atoms with Crippen LogP contribution in [0.4, 0.5) is 0 Å². The van der Waals surface area contributed by atoms with Gasteiger partial charge in [-0.2, -0.15) is 0 Å². The maximum absolute atomic E-state index is 5.10. The Hall–Kier alpha value is -7.56. The van der Waals surface area contributed by atoms with Gasteiger partial charge in [0.1, 0.15) is 12.0 Å². The number of hydrogen-bond donors (Lipinski definition) is 1. The minimum absolute atomic E-state index is 0.264. The molecule has 11 rings (SSSR count). The molecule has 0 spiro atoms. The lowest BCUT2D eigenvalue weighted by Gasteiger charge is -2.23. The van der Waals surface area contributed by atoms with Crippen LogP contribution in [0, 0.1) is 0 Å². The standard InChI is InChI=1S/C53H36N4/c1-5-17-35(18-6-1)45-33-47-49(43-27-15-13-25-41(43)45)50-44-28-16-14-26-42(44)46(36-19-7-2-8-20-36)34-48(50)57(47)40-31-29-39(30-32-40)53-55-51(37-21-9-3-10-22-37)54-52(56-53)38-23-11-4-12-24-38/h1-34,51H,(H,54,55,56). The molecular formula is C53H36N4. The predicted octanol–water partition coefficient (Wildman–Crippen LogP) is 12.9. The highest BCUT2D eigenvalue weighted by molar-refractivity contribution is 6.31. The fraction of sp³-hybridized carbons (Fsp3) is 0.0189. The van der Waals surface area contributed by atoms with Crippen LogP contribution in [-0.4, -0.2) is 16.2 Å². The number of amidine groups is 2. The van der Waals surface area contributed by atoms with Gasteiger partial charge < -0.3 is 9.88 Å². The van der Waals surface area contributed by atoms with Crippen molar-refractivity contribution in [2.24, 2.45) is 9.98 Å². The molecule has 1 N–H and O–H groups in total. The Labute approximate surface area is 330 Å². The SMILES string of the molecule is c1ccc(C2=NC(c3ccccc3)NC(c3ccc(-n4c5cc(-c6ccccc6)c6ccccc6c5c5c6ccccc6c(-c6ccccc6)cc54)cc3)=N2)cc1. The molecular weight excluding hydrogens is 693 g/mol. The van der Waals surface area contributed by atoms with Gasteiger partial charge in [0.05, 0.1) is 11.0 Å². The van der Waals surface area contributed by atoms with E-state index in [1.54, 1.807) is 0 Å². The first-order valence-corrected chi connectivity index (χ1v) is 19.5. The second kappa shape index (κ2) is 13.6. The van der Waals surface area contributed by atoms with Gasteiger partial charge in [0.2, 0.25) is 0 Å². The molecule has 0 fully saturated rings. The van der Waals surface area contributed by atoms with E-state index < -0.39 is 0 Å². The fourth-order valence-corrected chi connectivity index (χ4v) is 8.61. The predicted molar refractivity (Wildman–Crippen MR) is 238 cm³/mol. The van der Waals surface area contributed by atoms with E-state index in [2.05, 4.69) is 192 Å². The third-order valence-corrected chi connectivity index (χ3v) is 11.2. The normalized spacial score (nSPS) is 14.1. The maximum Gasteiger partial charge on any atom is 0.159 e. The smallest absolute Gasteiger partial charge is 0.159 e. The lowest BCUT2D eigenvalue weighted by molar-refractivity contribution is 0.674. The van der Waals surface area contributed by atoms with E-state index in [-0.39, 0.29) is 6.17 Å². The van der Waals surface area contributed by atoms with Gasteiger partial charge in [-0.15, -0.1) is 0 Å². The molecule has 0 radical (unpaired) electrons. The summed E-state index contributed by atoms with van der Waals surface area (Å²) >= 11 is 0. The van der Waals surface area contributed by atoms with Crippen molar-refractivity contribution in [1.82, 2.24) is 9.88 Å². The number of benzene rings is 9.